The lowest BCUT2D eigenvalue weighted by molar-refractivity contribution is 0.673. The van der Waals surface area contributed by atoms with Crippen LogP contribution < -0.4 is 4.90 Å². The van der Waals surface area contributed by atoms with E-state index in [1.165, 1.54) is 0 Å². The first-order valence-corrected chi connectivity index (χ1v) is 17.7. The van der Waals surface area contributed by atoms with Crippen molar-refractivity contribution in [2.24, 2.45) is 0 Å². The van der Waals surface area contributed by atoms with Crippen molar-refractivity contribution in [1.82, 2.24) is 0 Å². The van der Waals surface area contributed by atoms with Gasteiger partial charge in [-0.15, -0.1) is 0 Å². The fourth-order valence-corrected chi connectivity index (χ4v) is 7.20. The molecule has 0 bridgehead atoms. The maximum absolute atomic E-state index is 9.40. The van der Waals surface area contributed by atoms with Crippen LogP contribution in [0.2, 0.25) is 0 Å². The molecular weight excluding hydrogens is 655 g/mol. The van der Waals surface area contributed by atoms with Crippen molar-refractivity contribution in [2.75, 3.05) is 4.90 Å². The van der Waals surface area contributed by atoms with Gasteiger partial charge in [-0.05, 0) is 98.4 Å². The van der Waals surface area contributed by atoms with E-state index in [0.717, 1.165) is 66.1 Å². The Kier molecular flexibility index (Phi) is 5.82. The van der Waals surface area contributed by atoms with Crippen molar-refractivity contribution >= 4 is 49.8 Å². The first kappa shape index (κ1) is 23.4. The summed E-state index contributed by atoms with van der Waals surface area (Å²) >= 11 is 0. The molecule has 1 heterocycles. The predicted octanol–water partition coefficient (Wildman–Crippen LogP) is 14.9. The molecule has 0 atom stereocenters. The van der Waals surface area contributed by atoms with Gasteiger partial charge >= 0.3 is 0 Å². The molecule has 2 nitrogen and oxygen atoms in total. The van der Waals surface area contributed by atoms with Gasteiger partial charge in [0.25, 0.3) is 0 Å². The third kappa shape index (κ3) is 5.71. The number of rotatable bonds is 7. The Morgan fingerprint density at radius 3 is 1.63 bits per heavy atom. The van der Waals surface area contributed by atoms with E-state index in [9.17, 15) is 5.48 Å². The average Bonchev–Trinajstić information content (AvgIpc) is 3.72. The summed E-state index contributed by atoms with van der Waals surface area (Å²) in [7, 11) is 0. The maximum Gasteiger partial charge on any atom is 0.143 e. The third-order valence-electron chi connectivity index (χ3n) is 9.86. The van der Waals surface area contributed by atoms with Crippen LogP contribution in [-0.2, 0) is 0 Å². The molecule has 0 amide bonds. The Balaban J connectivity index is 1.11. The van der Waals surface area contributed by atoms with Gasteiger partial charge in [0.05, 0.1) is 12.3 Å². The van der Waals surface area contributed by atoms with Crippen molar-refractivity contribution in [3.05, 3.63) is 212 Å². The highest BCUT2D eigenvalue weighted by Gasteiger charge is 2.17. The van der Waals surface area contributed by atoms with Crippen molar-refractivity contribution in [3.63, 3.8) is 0 Å². The minimum atomic E-state index is -0.629. The minimum absolute atomic E-state index is 0.0661. The molecule has 0 saturated carbocycles. The lowest BCUT2D eigenvalue weighted by atomic mass is 9.97. The van der Waals surface area contributed by atoms with E-state index in [1.54, 1.807) is 4.90 Å². The number of nitrogens with zero attached hydrogens (tertiary/aromatic N) is 1. The van der Waals surface area contributed by atoms with Crippen molar-refractivity contribution in [3.8, 4) is 44.5 Å². The van der Waals surface area contributed by atoms with Crippen LogP contribution in [0.15, 0.2) is 217 Å². The summed E-state index contributed by atoms with van der Waals surface area (Å²) in [6.07, 6.45) is 0. The molecule has 2 heteroatoms. The van der Waals surface area contributed by atoms with E-state index in [4.69, 9.17) is 11.3 Å². The van der Waals surface area contributed by atoms with Gasteiger partial charge in [0.15, 0.2) is 0 Å². The van der Waals surface area contributed by atoms with Gasteiger partial charge in [0.1, 0.15) is 11.2 Å². The van der Waals surface area contributed by atoms with Crippen LogP contribution in [0.4, 0.5) is 17.1 Å². The zero-order chi connectivity index (χ0) is 43.7. The monoisotopic (exact) mass is 698 g/mol. The normalized spacial score (nSPS) is 13.7. The van der Waals surface area contributed by atoms with Gasteiger partial charge in [0, 0.05) is 33.2 Å². The molecule has 254 valence electrons. The molecule has 0 aliphatic carbocycles. The SMILES string of the molecule is [2H]c1c([2H])c([2H])c(-c2c([2H])c([2H])c(N(c3ccc(-c4ccc(-c5ccccc5)cc4)cc3)c3ccc(-c4cccc5oc6c7ccccc7ccc6c45)cc3)c([2H])c2[2H])c([2H])c1[2H]. The van der Waals surface area contributed by atoms with Gasteiger partial charge in [0.2, 0.25) is 0 Å². The van der Waals surface area contributed by atoms with Gasteiger partial charge in [-0.2, -0.15) is 0 Å². The number of benzene rings is 9. The van der Waals surface area contributed by atoms with E-state index < -0.39 is 59.9 Å². The Morgan fingerprint density at radius 1 is 0.370 bits per heavy atom. The highest BCUT2D eigenvalue weighted by molar-refractivity contribution is 6.19. The fraction of sp³-hybridized carbons (Fsp3) is 0. The minimum Gasteiger partial charge on any atom is -0.455 e. The third-order valence-corrected chi connectivity index (χ3v) is 9.86. The van der Waals surface area contributed by atoms with E-state index >= 15 is 0 Å². The first-order chi connectivity index (χ1) is 30.5. The molecule has 0 unspecified atom stereocenters. The molecule has 0 saturated heterocycles. The van der Waals surface area contributed by atoms with E-state index in [2.05, 4.69) is 60.7 Å². The summed E-state index contributed by atoms with van der Waals surface area (Å²) in [6, 6.07) is 46.9. The quantitative estimate of drug-likeness (QED) is 0.165. The number of hydrogen-bond donors (Lipinski definition) is 0. The summed E-state index contributed by atoms with van der Waals surface area (Å²) in [4.78, 5) is 1.67. The lowest BCUT2D eigenvalue weighted by Crippen LogP contribution is -2.09. The smallest absolute Gasteiger partial charge is 0.143 e. The summed E-state index contributed by atoms with van der Waals surface area (Å²) in [5.41, 5.74) is 7.80. The molecule has 1 aromatic heterocycles. The Morgan fingerprint density at radius 2 is 0.944 bits per heavy atom. The number of fused-ring (bicyclic) bond motifs is 5. The highest BCUT2D eigenvalue weighted by Crippen LogP contribution is 2.42. The number of anilines is 3. The molecular formula is C52H35NO. The summed E-state index contributed by atoms with van der Waals surface area (Å²) < 4.78 is 85.4. The van der Waals surface area contributed by atoms with Crippen LogP contribution in [-0.4, -0.2) is 0 Å². The van der Waals surface area contributed by atoms with Crippen molar-refractivity contribution < 1.29 is 16.8 Å². The van der Waals surface area contributed by atoms with Gasteiger partial charge in [-0.1, -0.05) is 164 Å². The zero-order valence-corrected chi connectivity index (χ0v) is 28.9. The molecule has 9 aromatic carbocycles. The van der Waals surface area contributed by atoms with Gasteiger partial charge in [-0.3, -0.25) is 0 Å². The highest BCUT2D eigenvalue weighted by atomic mass is 16.3. The largest absolute Gasteiger partial charge is 0.455 e. The lowest BCUT2D eigenvalue weighted by Gasteiger charge is -2.26. The van der Waals surface area contributed by atoms with Crippen LogP contribution in [0, 0.1) is 0 Å². The zero-order valence-electron chi connectivity index (χ0n) is 37.9. The Bertz CT molecular complexity index is 3360. The summed E-state index contributed by atoms with van der Waals surface area (Å²) in [5.74, 6) is 0. The molecule has 0 spiro atoms. The van der Waals surface area contributed by atoms with Gasteiger partial charge < -0.3 is 9.32 Å². The topological polar surface area (TPSA) is 16.4 Å². The second-order valence-electron chi connectivity index (χ2n) is 13.0. The average molecular weight is 699 g/mol. The standard InChI is InChI=1S/C52H35NO/c1-3-10-36(11-4-1)38-18-20-39(21-19-38)41-24-31-45(32-25-41)53(44-29-22-40(23-30-44)37-12-5-2-6-13-37)46-33-26-43(27-34-46)47-16-9-17-50-51(47)49-35-28-42-14-7-8-15-48(42)52(49)54-50/h1-35H/i2D,5D,6D,12D,13D,22D,23D,29D,30D. The van der Waals surface area contributed by atoms with Crippen LogP contribution in [0.25, 0.3) is 77.2 Å². The summed E-state index contributed by atoms with van der Waals surface area (Å²) in [5, 5.41) is 4.07. The Hall–Kier alpha value is -7.16. The second kappa shape index (κ2) is 13.4. The maximum atomic E-state index is 9.40. The molecule has 0 aliphatic rings. The second-order valence-corrected chi connectivity index (χ2v) is 13.0. The van der Waals surface area contributed by atoms with Crippen molar-refractivity contribution in [1.29, 1.82) is 0 Å². The van der Waals surface area contributed by atoms with E-state index in [1.807, 2.05) is 97.1 Å². The number of furan rings is 1. The molecule has 10 rings (SSSR count). The molecule has 0 N–H and O–H groups in total. The van der Waals surface area contributed by atoms with E-state index in [0.29, 0.717) is 11.4 Å². The van der Waals surface area contributed by atoms with Crippen LogP contribution in [0.5, 0.6) is 0 Å². The van der Waals surface area contributed by atoms with Crippen LogP contribution in [0.1, 0.15) is 12.3 Å². The molecule has 0 aliphatic heterocycles. The Labute approximate surface area is 327 Å². The predicted molar refractivity (Wildman–Crippen MR) is 228 cm³/mol. The molecule has 0 fully saturated rings. The fourth-order valence-electron chi connectivity index (χ4n) is 7.20. The molecule has 0 radical (unpaired) electrons. The van der Waals surface area contributed by atoms with Crippen LogP contribution in [0.3, 0.4) is 0 Å². The molecule has 10 aromatic rings. The first-order valence-electron chi connectivity index (χ1n) is 22.2. The summed E-state index contributed by atoms with van der Waals surface area (Å²) in [6.45, 7) is 0. The number of hydrogen-bond acceptors (Lipinski definition) is 2. The van der Waals surface area contributed by atoms with Gasteiger partial charge in [-0.25, -0.2) is 0 Å². The van der Waals surface area contributed by atoms with E-state index in [-0.39, 0.29) is 11.3 Å². The van der Waals surface area contributed by atoms with Crippen molar-refractivity contribution in [2.45, 2.75) is 0 Å². The molecule has 54 heavy (non-hydrogen) atoms. The van der Waals surface area contributed by atoms with Crippen LogP contribution >= 0.6 is 0 Å².